The lowest BCUT2D eigenvalue weighted by Crippen LogP contribution is -2.13. The Hall–Kier alpha value is -3.05. The first-order chi connectivity index (χ1) is 14.2. The van der Waals surface area contributed by atoms with Crippen molar-refractivity contribution in [3.8, 4) is 0 Å². The van der Waals surface area contributed by atoms with Crippen LogP contribution >= 0.6 is 22.9 Å². The summed E-state index contributed by atoms with van der Waals surface area (Å²) in [5, 5.41) is 7.18. The van der Waals surface area contributed by atoms with Crippen LogP contribution in [0.3, 0.4) is 0 Å². The highest BCUT2D eigenvalue weighted by atomic mass is 35.5. The van der Waals surface area contributed by atoms with E-state index < -0.39 is 17.6 Å². The molecule has 0 fully saturated rings. The Balaban J connectivity index is 1.50. The molecule has 0 saturated carbocycles. The van der Waals surface area contributed by atoms with Gasteiger partial charge in [0, 0.05) is 34.4 Å². The number of carbonyl (C=O) groups is 1. The molecule has 0 spiro atoms. The largest absolute Gasteiger partial charge is 0.416 e. The zero-order valence-electron chi connectivity index (χ0n) is 15.2. The normalized spacial score (nSPS) is 11.8. The molecule has 1 amide bonds. The van der Waals surface area contributed by atoms with Crippen molar-refractivity contribution in [2.24, 2.45) is 0 Å². The number of rotatable bonds is 4. The summed E-state index contributed by atoms with van der Waals surface area (Å²) in [6.45, 7) is 1.80. The Morgan fingerprint density at radius 1 is 1.27 bits per heavy atom. The van der Waals surface area contributed by atoms with Crippen molar-refractivity contribution in [2.75, 3.05) is 5.32 Å². The summed E-state index contributed by atoms with van der Waals surface area (Å²) < 4.78 is 40.2. The first-order valence-corrected chi connectivity index (χ1v) is 9.70. The molecule has 0 atom stereocenters. The van der Waals surface area contributed by atoms with Crippen LogP contribution in [0.25, 0.3) is 5.78 Å². The highest BCUT2D eigenvalue weighted by Gasteiger charge is 2.31. The minimum absolute atomic E-state index is 0.0746. The molecule has 0 bridgehead atoms. The first kappa shape index (κ1) is 20.2. The van der Waals surface area contributed by atoms with E-state index in [9.17, 15) is 18.0 Å². The molecular weight excluding hydrogens is 441 g/mol. The quantitative estimate of drug-likeness (QED) is 0.496. The molecule has 1 N–H and O–H groups in total. The van der Waals surface area contributed by atoms with Gasteiger partial charge in [-0.15, -0.1) is 16.4 Å². The number of benzene rings is 1. The van der Waals surface area contributed by atoms with Gasteiger partial charge in [-0.1, -0.05) is 11.6 Å². The third-order valence-electron chi connectivity index (χ3n) is 4.14. The Kier molecular flexibility index (Phi) is 5.16. The van der Waals surface area contributed by atoms with Gasteiger partial charge in [-0.05, 0) is 36.8 Å². The van der Waals surface area contributed by atoms with E-state index in [0.29, 0.717) is 16.2 Å². The molecule has 0 unspecified atom stereocenters. The van der Waals surface area contributed by atoms with Gasteiger partial charge in [0.15, 0.2) is 5.13 Å². The molecule has 0 aliphatic carbocycles. The second-order valence-electron chi connectivity index (χ2n) is 6.30. The fourth-order valence-corrected chi connectivity index (χ4v) is 3.69. The fourth-order valence-electron chi connectivity index (χ4n) is 2.68. The molecule has 0 aliphatic rings. The zero-order valence-corrected chi connectivity index (χ0v) is 16.8. The summed E-state index contributed by atoms with van der Waals surface area (Å²) in [6, 6.07) is 4.89. The summed E-state index contributed by atoms with van der Waals surface area (Å²) in [5.74, 6) is -0.355. The topological polar surface area (TPSA) is 85.1 Å². The lowest BCUT2D eigenvalue weighted by molar-refractivity contribution is -0.137. The summed E-state index contributed by atoms with van der Waals surface area (Å²) in [5.41, 5.74) is 0.305. The van der Waals surface area contributed by atoms with Crippen molar-refractivity contribution in [1.29, 1.82) is 0 Å². The molecular formula is C18H12ClF3N6OS. The fraction of sp³-hybridized carbons (Fsp3) is 0.167. The van der Waals surface area contributed by atoms with E-state index in [4.69, 9.17) is 11.6 Å². The van der Waals surface area contributed by atoms with Gasteiger partial charge in [0.1, 0.15) is 0 Å². The van der Waals surface area contributed by atoms with Gasteiger partial charge in [0.05, 0.1) is 5.56 Å². The predicted molar refractivity (Wildman–Crippen MR) is 105 cm³/mol. The molecule has 154 valence electrons. The predicted octanol–water partition coefficient (Wildman–Crippen LogP) is 4.40. The number of hydrogen-bond donors (Lipinski definition) is 1. The average Bonchev–Trinajstić information content (AvgIpc) is 3.30. The van der Waals surface area contributed by atoms with Gasteiger partial charge in [0.2, 0.25) is 5.82 Å². The number of anilines is 1. The van der Waals surface area contributed by atoms with Crippen molar-refractivity contribution < 1.29 is 18.0 Å². The van der Waals surface area contributed by atoms with Gasteiger partial charge in [-0.2, -0.15) is 18.2 Å². The van der Waals surface area contributed by atoms with Crippen molar-refractivity contribution >= 4 is 39.8 Å². The molecule has 0 saturated heterocycles. The maximum absolute atomic E-state index is 12.9. The van der Waals surface area contributed by atoms with E-state index in [1.54, 1.807) is 19.2 Å². The van der Waals surface area contributed by atoms with Gasteiger partial charge < -0.3 is 0 Å². The lowest BCUT2D eigenvalue weighted by Gasteiger charge is -2.09. The van der Waals surface area contributed by atoms with Crippen molar-refractivity contribution in [1.82, 2.24) is 24.6 Å². The molecule has 3 aromatic heterocycles. The number of halogens is 4. The Labute approximate surface area is 176 Å². The number of carbonyl (C=O) groups excluding carboxylic acids is 1. The first-order valence-electron chi connectivity index (χ1n) is 8.51. The molecule has 0 aliphatic heterocycles. The van der Waals surface area contributed by atoms with Crippen LogP contribution in [-0.2, 0) is 12.6 Å². The van der Waals surface area contributed by atoms with E-state index in [0.717, 1.165) is 29.2 Å². The molecule has 12 heteroatoms. The van der Waals surface area contributed by atoms with Crippen LogP contribution in [-0.4, -0.2) is 30.5 Å². The third-order valence-corrected chi connectivity index (χ3v) is 5.43. The van der Waals surface area contributed by atoms with Crippen LogP contribution in [0.4, 0.5) is 18.3 Å². The lowest BCUT2D eigenvalue weighted by atomic mass is 10.1. The van der Waals surface area contributed by atoms with Gasteiger partial charge >= 0.3 is 6.18 Å². The van der Waals surface area contributed by atoms with E-state index in [1.807, 2.05) is 0 Å². The Morgan fingerprint density at radius 2 is 2.07 bits per heavy atom. The number of nitrogens with one attached hydrogen (secondary N) is 1. The Bertz CT molecular complexity index is 1250. The van der Waals surface area contributed by atoms with Gasteiger partial charge in [-0.3, -0.25) is 10.1 Å². The van der Waals surface area contributed by atoms with Crippen LogP contribution in [0.1, 0.15) is 32.3 Å². The van der Waals surface area contributed by atoms with Crippen LogP contribution in [0.2, 0.25) is 5.02 Å². The van der Waals surface area contributed by atoms with Crippen LogP contribution in [0.15, 0.2) is 36.7 Å². The summed E-state index contributed by atoms with van der Waals surface area (Å²) >= 11 is 7.16. The molecule has 0 radical (unpaired) electrons. The SMILES string of the molecule is Cc1ccnc2nc(C(=O)Nc3ncc(Cc4cc(C(F)(F)F)ccc4Cl)s3)nn12. The number of amides is 1. The standard InChI is InChI=1S/C18H12ClF3N6OS/c1-9-4-5-23-16-25-14(27-28(9)16)15(29)26-17-24-8-12(30-17)7-10-6-11(18(20,21)22)2-3-13(10)19/h2-6,8H,7H2,1H3,(H,24,26,29). The number of fused-ring (bicyclic) bond motifs is 1. The number of hydrogen-bond acceptors (Lipinski definition) is 6. The number of aryl methyl sites for hydroxylation is 1. The number of thiazole rings is 1. The maximum atomic E-state index is 12.9. The monoisotopic (exact) mass is 452 g/mol. The second kappa shape index (κ2) is 7.65. The van der Waals surface area contributed by atoms with Crippen LogP contribution in [0.5, 0.6) is 0 Å². The molecule has 4 aromatic rings. The van der Waals surface area contributed by atoms with Crippen molar-refractivity contribution in [2.45, 2.75) is 19.5 Å². The number of alkyl halides is 3. The van der Waals surface area contributed by atoms with Gasteiger partial charge in [-0.25, -0.2) is 14.5 Å². The molecule has 30 heavy (non-hydrogen) atoms. The molecule has 1 aromatic carbocycles. The van der Waals surface area contributed by atoms with E-state index >= 15 is 0 Å². The minimum atomic E-state index is -4.46. The average molecular weight is 453 g/mol. The van der Waals surface area contributed by atoms with E-state index in [1.165, 1.54) is 16.8 Å². The van der Waals surface area contributed by atoms with E-state index in [2.05, 4.69) is 25.4 Å². The van der Waals surface area contributed by atoms with Crippen molar-refractivity contribution in [3.63, 3.8) is 0 Å². The third kappa shape index (κ3) is 4.12. The van der Waals surface area contributed by atoms with E-state index in [-0.39, 0.29) is 22.4 Å². The van der Waals surface area contributed by atoms with Gasteiger partial charge in [0.25, 0.3) is 11.7 Å². The summed E-state index contributed by atoms with van der Waals surface area (Å²) in [6.07, 6.45) is -1.28. The highest BCUT2D eigenvalue weighted by Crippen LogP contribution is 2.33. The molecule has 3 heterocycles. The Morgan fingerprint density at radius 3 is 2.80 bits per heavy atom. The zero-order chi connectivity index (χ0) is 21.5. The second-order valence-corrected chi connectivity index (χ2v) is 7.82. The smallest absolute Gasteiger partial charge is 0.295 e. The maximum Gasteiger partial charge on any atom is 0.416 e. The minimum Gasteiger partial charge on any atom is -0.295 e. The molecule has 7 nitrogen and oxygen atoms in total. The number of nitrogens with zero attached hydrogens (tertiary/aromatic N) is 5. The van der Waals surface area contributed by atoms with Crippen LogP contribution < -0.4 is 5.32 Å². The summed E-state index contributed by atoms with van der Waals surface area (Å²) in [7, 11) is 0. The molecule has 4 rings (SSSR count). The van der Waals surface area contributed by atoms with Crippen LogP contribution in [0, 0.1) is 6.92 Å². The highest BCUT2D eigenvalue weighted by molar-refractivity contribution is 7.15. The number of aromatic nitrogens is 5. The summed E-state index contributed by atoms with van der Waals surface area (Å²) in [4.78, 5) is 25.2. The van der Waals surface area contributed by atoms with Crippen molar-refractivity contribution in [3.05, 3.63) is 69.2 Å².